The van der Waals surface area contributed by atoms with E-state index in [2.05, 4.69) is 12.3 Å². The van der Waals surface area contributed by atoms with E-state index in [0.29, 0.717) is 0 Å². The summed E-state index contributed by atoms with van der Waals surface area (Å²) < 4.78 is 1.49. The lowest BCUT2D eigenvalue weighted by molar-refractivity contribution is 0.697. The molecular formula is C9H12S3. The van der Waals surface area contributed by atoms with Gasteiger partial charge >= 0.3 is 0 Å². The maximum Gasteiger partial charge on any atom is 0.0711 e. The minimum atomic E-state index is 1.32. The quantitative estimate of drug-likeness (QED) is 0.685. The van der Waals surface area contributed by atoms with Crippen molar-refractivity contribution in [1.29, 1.82) is 0 Å². The molecule has 0 fully saturated rings. The van der Waals surface area contributed by atoms with Gasteiger partial charge < -0.3 is 0 Å². The Bertz CT molecular complexity index is 241. The van der Waals surface area contributed by atoms with E-state index in [-0.39, 0.29) is 0 Å². The first-order valence-corrected chi connectivity index (χ1v) is 7.60. The second-order valence-corrected chi connectivity index (χ2v) is 6.81. The molecule has 0 saturated heterocycles. The summed E-state index contributed by atoms with van der Waals surface area (Å²) >= 11 is 2.00. The van der Waals surface area contributed by atoms with Crippen LogP contribution in [0.4, 0.5) is 0 Å². The maximum atomic E-state index is 2.39. The molecule has 0 radical (unpaired) electrons. The molecule has 0 atom stereocenters. The van der Waals surface area contributed by atoms with Gasteiger partial charge in [0.25, 0.3) is 0 Å². The molecule has 0 aromatic carbocycles. The zero-order valence-electron chi connectivity index (χ0n) is 7.13. The highest BCUT2D eigenvalue weighted by Gasteiger charge is 2.12. The van der Waals surface area contributed by atoms with Crippen molar-refractivity contribution in [3.63, 3.8) is 0 Å². The summed E-state index contributed by atoms with van der Waals surface area (Å²) in [6, 6.07) is 2.39. The van der Waals surface area contributed by atoms with Gasteiger partial charge in [0.2, 0.25) is 0 Å². The summed E-state index contributed by atoms with van der Waals surface area (Å²) in [7, 11) is 3.75. The molecule has 1 aromatic rings. The van der Waals surface area contributed by atoms with Crippen LogP contribution in [0.1, 0.15) is 23.3 Å². The smallest absolute Gasteiger partial charge is 0.0711 e. The molecule has 0 nitrogen and oxygen atoms in total. The van der Waals surface area contributed by atoms with Gasteiger partial charge in [-0.05, 0) is 54.4 Å². The third kappa shape index (κ3) is 1.83. The summed E-state index contributed by atoms with van der Waals surface area (Å²) in [5, 5.41) is 0. The van der Waals surface area contributed by atoms with Crippen molar-refractivity contribution in [1.82, 2.24) is 0 Å². The van der Waals surface area contributed by atoms with Gasteiger partial charge in [0.15, 0.2) is 0 Å². The Morgan fingerprint density at radius 3 is 2.92 bits per heavy atom. The molecular weight excluding hydrogens is 204 g/mol. The zero-order chi connectivity index (χ0) is 8.39. The second-order valence-electron chi connectivity index (χ2n) is 2.97. The maximum absolute atomic E-state index is 2.39. The molecule has 1 heterocycles. The van der Waals surface area contributed by atoms with E-state index < -0.39 is 0 Å². The first-order valence-electron chi connectivity index (χ1n) is 4.22. The Morgan fingerprint density at radius 1 is 1.33 bits per heavy atom. The number of aryl methyl sites for hydroxylation is 2. The number of fused-ring (bicyclic) bond motifs is 1. The van der Waals surface area contributed by atoms with Crippen molar-refractivity contribution >= 4 is 32.9 Å². The molecule has 0 spiro atoms. The molecule has 1 aromatic heterocycles. The molecule has 1 aliphatic carbocycles. The number of thiophene rings is 1. The SMILES string of the molecule is CSSc1cc2c(s1)CCCC2. The Hall–Kier alpha value is 0.400. The van der Waals surface area contributed by atoms with Crippen LogP contribution in [0.15, 0.2) is 10.3 Å². The highest BCUT2D eigenvalue weighted by atomic mass is 33.1. The first kappa shape index (κ1) is 8.97. The van der Waals surface area contributed by atoms with E-state index >= 15 is 0 Å². The number of hydrogen-bond donors (Lipinski definition) is 0. The van der Waals surface area contributed by atoms with Gasteiger partial charge in [0.1, 0.15) is 0 Å². The monoisotopic (exact) mass is 216 g/mol. The standard InChI is InChI=1S/C9H12S3/c1-10-12-9-6-7-4-2-3-5-8(7)11-9/h6H,2-5H2,1H3. The van der Waals surface area contributed by atoms with Crippen molar-refractivity contribution in [3.8, 4) is 0 Å². The van der Waals surface area contributed by atoms with Crippen LogP contribution >= 0.6 is 32.9 Å². The summed E-state index contributed by atoms with van der Waals surface area (Å²) in [5.74, 6) is 0. The van der Waals surface area contributed by atoms with E-state index in [0.717, 1.165) is 0 Å². The number of hydrogen-bond acceptors (Lipinski definition) is 3. The van der Waals surface area contributed by atoms with Crippen LogP contribution in [-0.4, -0.2) is 6.26 Å². The topological polar surface area (TPSA) is 0 Å². The summed E-state index contributed by atoms with van der Waals surface area (Å²) in [6.45, 7) is 0. The highest BCUT2D eigenvalue weighted by molar-refractivity contribution is 8.76. The number of rotatable bonds is 2. The lowest BCUT2D eigenvalue weighted by Crippen LogP contribution is -1.96. The van der Waals surface area contributed by atoms with Crippen LogP contribution in [0.5, 0.6) is 0 Å². The summed E-state index contributed by atoms with van der Waals surface area (Å²) in [5.41, 5.74) is 1.63. The van der Waals surface area contributed by atoms with Crippen LogP contribution in [0, 0.1) is 0 Å². The predicted octanol–water partition coefficient (Wildman–Crippen LogP) is 4.00. The fraction of sp³-hybridized carbons (Fsp3) is 0.556. The van der Waals surface area contributed by atoms with Gasteiger partial charge in [-0.15, -0.1) is 11.3 Å². The molecule has 0 saturated carbocycles. The molecule has 0 bridgehead atoms. The van der Waals surface area contributed by atoms with Crippen LogP contribution in [0.2, 0.25) is 0 Å². The van der Waals surface area contributed by atoms with Gasteiger partial charge in [0, 0.05) is 4.88 Å². The van der Waals surface area contributed by atoms with E-state index in [1.807, 2.05) is 32.9 Å². The third-order valence-electron chi connectivity index (χ3n) is 2.14. The van der Waals surface area contributed by atoms with Crippen molar-refractivity contribution in [2.75, 3.05) is 6.26 Å². The molecule has 3 heteroatoms. The Morgan fingerprint density at radius 2 is 2.17 bits per heavy atom. The van der Waals surface area contributed by atoms with Crippen molar-refractivity contribution in [3.05, 3.63) is 16.5 Å². The Labute approximate surface area is 85.5 Å². The van der Waals surface area contributed by atoms with E-state index in [1.165, 1.54) is 29.9 Å². The molecule has 0 amide bonds. The van der Waals surface area contributed by atoms with Crippen LogP contribution < -0.4 is 0 Å². The van der Waals surface area contributed by atoms with Gasteiger partial charge in [-0.25, -0.2) is 0 Å². The lowest BCUT2D eigenvalue weighted by Gasteiger charge is -2.08. The minimum Gasteiger partial charge on any atom is -0.133 e. The van der Waals surface area contributed by atoms with Gasteiger partial charge in [-0.1, -0.05) is 10.8 Å². The Balaban J connectivity index is 2.20. The normalized spacial score (nSPS) is 16.1. The fourth-order valence-electron chi connectivity index (χ4n) is 1.59. The lowest BCUT2D eigenvalue weighted by atomic mass is 10.00. The largest absolute Gasteiger partial charge is 0.133 e. The molecule has 0 unspecified atom stereocenters. The predicted molar refractivity (Wildman–Crippen MR) is 60.3 cm³/mol. The molecule has 1 aliphatic rings. The molecule has 0 aliphatic heterocycles. The average molecular weight is 216 g/mol. The van der Waals surface area contributed by atoms with E-state index in [9.17, 15) is 0 Å². The van der Waals surface area contributed by atoms with E-state index in [4.69, 9.17) is 0 Å². The minimum absolute atomic E-state index is 1.32. The average Bonchev–Trinajstić information content (AvgIpc) is 2.47. The first-order chi connectivity index (χ1) is 5.90. The Kier molecular flexibility index (Phi) is 3.05. The molecule has 12 heavy (non-hydrogen) atoms. The molecule has 0 N–H and O–H groups in total. The van der Waals surface area contributed by atoms with Crippen molar-refractivity contribution in [2.24, 2.45) is 0 Å². The second kappa shape index (κ2) is 4.07. The van der Waals surface area contributed by atoms with Crippen molar-refractivity contribution in [2.45, 2.75) is 29.9 Å². The third-order valence-corrected chi connectivity index (χ3v) is 5.48. The van der Waals surface area contributed by atoms with Crippen LogP contribution in [-0.2, 0) is 12.8 Å². The summed E-state index contributed by atoms with van der Waals surface area (Å²) in [4.78, 5) is 1.65. The highest BCUT2D eigenvalue weighted by Crippen LogP contribution is 2.39. The van der Waals surface area contributed by atoms with Gasteiger partial charge in [-0.3, -0.25) is 0 Å². The van der Waals surface area contributed by atoms with E-state index in [1.54, 1.807) is 10.4 Å². The van der Waals surface area contributed by atoms with Gasteiger partial charge in [-0.2, -0.15) is 0 Å². The van der Waals surface area contributed by atoms with Crippen molar-refractivity contribution < 1.29 is 0 Å². The zero-order valence-corrected chi connectivity index (χ0v) is 9.58. The fourth-order valence-corrected chi connectivity index (χ4v) is 4.92. The van der Waals surface area contributed by atoms with Crippen LogP contribution in [0.25, 0.3) is 0 Å². The molecule has 66 valence electrons. The summed E-state index contributed by atoms with van der Waals surface area (Å²) in [6.07, 6.45) is 7.59. The van der Waals surface area contributed by atoms with Gasteiger partial charge in [0.05, 0.1) is 4.21 Å². The van der Waals surface area contributed by atoms with Crippen LogP contribution in [0.3, 0.4) is 0 Å². The molecule has 2 rings (SSSR count).